The quantitative estimate of drug-likeness (QED) is 0.567. The molecule has 4 aromatic rings. The minimum Gasteiger partial charge on any atom is -0.408 e. The number of thiazole rings is 1. The van der Waals surface area contributed by atoms with Crippen LogP contribution < -0.4 is 5.76 Å². The molecule has 2 aromatic heterocycles. The number of benzene rings is 2. The van der Waals surface area contributed by atoms with Gasteiger partial charge in [0.1, 0.15) is 5.01 Å². The third-order valence-electron chi connectivity index (χ3n) is 4.27. The monoisotopic (exact) mass is 339 g/mol. The van der Waals surface area contributed by atoms with Crippen molar-refractivity contribution in [2.24, 2.45) is 0 Å². The molecule has 5 nitrogen and oxygen atoms in total. The second-order valence-corrected chi connectivity index (χ2v) is 6.92. The lowest BCUT2D eigenvalue weighted by Gasteiger charge is -2.22. The molecule has 2 heterocycles. The van der Waals surface area contributed by atoms with Gasteiger partial charge >= 0.3 is 5.76 Å². The Hall–Kier alpha value is -2.44. The summed E-state index contributed by atoms with van der Waals surface area (Å²) in [6.45, 7) is 2.55. The summed E-state index contributed by atoms with van der Waals surface area (Å²) < 4.78 is 8.13. The van der Waals surface area contributed by atoms with E-state index in [2.05, 4.69) is 17.9 Å². The zero-order valence-electron chi connectivity index (χ0n) is 13.5. The fraction of sp³-hybridized carbons (Fsp3) is 0.222. The molecule has 0 aliphatic rings. The minimum absolute atomic E-state index is 0.1000. The summed E-state index contributed by atoms with van der Waals surface area (Å²) in [5.41, 5.74) is 2.44. The molecule has 0 fully saturated rings. The Morgan fingerprint density at radius 3 is 2.79 bits per heavy atom. The van der Waals surface area contributed by atoms with E-state index >= 15 is 0 Å². The molecule has 0 bridgehead atoms. The zero-order valence-corrected chi connectivity index (χ0v) is 14.3. The predicted molar refractivity (Wildman–Crippen MR) is 96.3 cm³/mol. The van der Waals surface area contributed by atoms with Crippen molar-refractivity contribution in [2.75, 3.05) is 7.05 Å². The van der Waals surface area contributed by atoms with Crippen LogP contribution in [0.1, 0.15) is 18.0 Å². The van der Waals surface area contributed by atoms with Gasteiger partial charge in [0.05, 0.1) is 28.4 Å². The van der Waals surface area contributed by atoms with Gasteiger partial charge in [-0.3, -0.25) is 9.47 Å². The zero-order chi connectivity index (χ0) is 16.7. The van der Waals surface area contributed by atoms with Crippen molar-refractivity contribution in [1.29, 1.82) is 0 Å². The molecule has 0 N–H and O–H groups in total. The lowest BCUT2D eigenvalue weighted by Crippen LogP contribution is -2.29. The van der Waals surface area contributed by atoms with Gasteiger partial charge in [-0.2, -0.15) is 0 Å². The molecule has 0 radical (unpaired) electrons. The molecule has 0 aliphatic carbocycles. The predicted octanol–water partition coefficient (Wildman–Crippen LogP) is 3.85. The van der Waals surface area contributed by atoms with Gasteiger partial charge in [0, 0.05) is 0 Å². The van der Waals surface area contributed by atoms with E-state index in [9.17, 15) is 4.79 Å². The van der Waals surface area contributed by atoms with Gasteiger partial charge in [-0.25, -0.2) is 9.78 Å². The first kappa shape index (κ1) is 15.1. The number of hydrogen-bond donors (Lipinski definition) is 0. The SMILES string of the molecule is C[C@@H](c1nc2ccccc2s1)N(C)Cn1c(=O)oc2ccccc21. The van der Waals surface area contributed by atoms with Gasteiger partial charge < -0.3 is 4.42 Å². The fourth-order valence-electron chi connectivity index (χ4n) is 2.75. The Morgan fingerprint density at radius 2 is 1.96 bits per heavy atom. The van der Waals surface area contributed by atoms with Gasteiger partial charge in [0.25, 0.3) is 0 Å². The van der Waals surface area contributed by atoms with E-state index < -0.39 is 0 Å². The van der Waals surface area contributed by atoms with Gasteiger partial charge in [-0.1, -0.05) is 24.3 Å². The van der Waals surface area contributed by atoms with Crippen molar-refractivity contribution in [3.8, 4) is 0 Å². The van der Waals surface area contributed by atoms with E-state index in [1.54, 1.807) is 15.9 Å². The number of fused-ring (bicyclic) bond motifs is 2. The summed E-state index contributed by atoms with van der Waals surface area (Å²) in [5.74, 6) is -0.334. The van der Waals surface area contributed by atoms with E-state index in [4.69, 9.17) is 9.40 Å². The largest absolute Gasteiger partial charge is 0.421 e. The van der Waals surface area contributed by atoms with Crippen LogP contribution in [0.3, 0.4) is 0 Å². The molecule has 0 spiro atoms. The van der Waals surface area contributed by atoms with Crippen LogP contribution in [0.4, 0.5) is 0 Å². The van der Waals surface area contributed by atoms with Gasteiger partial charge in [-0.15, -0.1) is 11.3 Å². The number of aromatic nitrogens is 2. The van der Waals surface area contributed by atoms with Crippen LogP contribution in [0, 0.1) is 0 Å². The van der Waals surface area contributed by atoms with E-state index in [1.807, 2.05) is 49.5 Å². The molecule has 0 unspecified atom stereocenters. The summed E-state index contributed by atoms with van der Waals surface area (Å²) in [5, 5.41) is 1.04. The molecule has 122 valence electrons. The average Bonchev–Trinajstić information content (AvgIpc) is 3.15. The normalized spacial score (nSPS) is 13.1. The first-order valence-electron chi connectivity index (χ1n) is 7.77. The topological polar surface area (TPSA) is 51.3 Å². The van der Waals surface area contributed by atoms with Crippen molar-refractivity contribution >= 4 is 32.7 Å². The lowest BCUT2D eigenvalue weighted by molar-refractivity contribution is 0.202. The van der Waals surface area contributed by atoms with Crippen LogP contribution in [-0.2, 0) is 6.67 Å². The Labute approximate surface area is 142 Å². The lowest BCUT2D eigenvalue weighted by atomic mass is 10.3. The maximum absolute atomic E-state index is 12.1. The van der Waals surface area contributed by atoms with E-state index in [-0.39, 0.29) is 11.8 Å². The Balaban J connectivity index is 1.64. The van der Waals surface area contributed by atoms with Gasteiger partial charge in [-0.05, 0) is 38.2 Å². The Morgan fingerprint density at radius 1 is 1.21 bits per heavy atom. The molecular weight excluding hydrogens is 322 g/mol. The number of rotatable bonds is 4. The Bertz CT molecular complexity index is 1030. The maximum atomic E-state index is 12.1. The molecule has 0 amide bonds. The Kier molecular flexibility index (Phi) is 3.70. The van der Waals surface area contributed by atoms with Crippen LogP contribution in [0.25, 0.3) is 21.3 Å². The highest BCUT2D eigenvalue weighted by Gasteiger charge is 2.18. The van der Waals surface area contributed by atoms with Crippen molar-refractivity contribution in [2.45, 2.75) is 19.6 Å². The molecular formula is C18H17N3O2S. The van der Waals surface area contributed by atoms with Crippen molar-refractivity contribution < 1.29 is 4.42 Å². The standard InChI is InChI=1S/C18H17N3O2S/c1-12(17-19-13-7-3-6-10-16(13)24-17)20(2)11-21-14-8-4-5-9-15(14)23-18(21)22/h3-10,12H,11H2,1-2H3/t12-/m0/s1. The second kappa shape index (κ2) is 5.89. The summed E-state index contributed by atoms with van der Waals surface area (Å²) in [4.78, 5) is 18.9. The molecule has 0 saturated heterocycles. The summed E-state index contributed by atoms with van der Waals surface area (Å²) in [7, 11) is 1.99. The van der Waals surface area contributed by atoms with E-state index in [0.717, 1.165) is 16.0 Å². The van der Waals surface area contributed by atoms with Crippen LogP contribution in [-0.4, -0.2) is 21.5 Å². The minimum atomic E-state index is -0.334. The van der Waals surface area contributed by atoms with E-state index in [0.29, 0.717) is 12.3 Å². The fourth-order valence-corrected chi connectivity index (χ4v) is 3.84. The van der Waals surface area contributed by atoms with Crippen molar-refractivity contribution in [1.82, 2.24) is 14.5 Å². The highest BCUT2D eigenvalue weighted by Crippen LogP contribution is 2.29. The third-order valence-corrected chi connectivity index (χ3v) is 5.47. The molecule has 1 atom stereocenters. The molecule has 0 saturated carbocycles. The molecule has 2 aromatic carbocycles. The first-order chi connectivity index (χ1) is 11.6. The molecule has 0 aliphatic heterocycles. The summed E-state index contributed by atoms with van der Waals surface area (Å²) >= 11 is 1.69. The third kappa shape index (κ3) is 2.53. The van der Waals surface area contributed by atoms with Crippen LogP contribution >= 0.6 is 11.3 Å². The average molecular weight is 339 g/mol. The van der Waals surface area contributed by atoms with Crippen LogP contribution in [0.15, 0.2) is 57.7 Å². The van der Waals surface area contributed by atoms with Gasteiger partial charge in [0.2, 0.25) is 0 Å². The van der Waals surface area contributed by atoms with Crippen LogP contribution in [0.2, 0.25) is 0 Å². The van der Waals surface area contributed by atoms with Crippen molar-refractivity contribution in [3.63, 3.8) is 0 Å². The molecule has 4 rings (SSSR count). The second-order valence-electron chi connectivity index (χ2n) is 5.86. The summed E-state index contributed by atoms with van der Waals surface area (Å²) in [6, 6.07) is 15.7. The van der Waals surface area contributed by atoms with E-state index in [1.165, 1.54) is 4.70 Å². The number of hydrogen-bond acceptors (Lipinski definition) is 5. The maximum Gasteiger partial charge on any atom is 0.421 e. The number of nitrogens with zero attached hydrogens (tertiary/aromatic N) is 3. The van der Waals surface area contributed by atoms with Crippen LogP contribution in [0.5, 0.6) is 0 Å². The number of oxazole rings is 1. The highest BCUT2D eigenvalue weighted by molar-refractivity contribution is 7.18. The molecule has 24 heavy (non-hydrogen) atoms. The number of para-hydroxylation sites is 3. The highest BCUT2D eigenvalue weighted by atomic mass is 32.1. The summed E-state index contributed by atoms with van der Waals surface area (Å²) in [6.07, 6.45) is 0. The smallest absolute Gasteiger partial charge is 0.408 e. The van der Waals surface area contributed by atoms with Gasteiger partial charge in [0.15, 0.2) is 5.58 Å². The molecule has 6 heteroatoms. The first-order valence-corrected chi connectivity index (χ1v) is 8.59. The van der Waals surface area contributed by atoms with Crippen molar-refractivity contribution in [3.05, 3.63) is 64.1 Å².